The van der Waals surface area contributed by atoms with Crippen molar-refractivity contribution >= 4 is 23.4 Å². The van der Waals surface area contributed by atoms with Gasteiger partial charge in [-0.2, -0.15) is 0 Å². The summed E-state index contributed by atoms with van der Waals surface area (Å²) in [5.41, 5.74) is 3.37. The molecule has 0 aliphatic heterocycles. The number of benzene rings is 1. The van der Waals surface area contributed by atoms with Crippen LogP contribution in [0.15, 0.2) is 35.9 Å². The van der Waals surface area contributed by atoms with Crippen molar-refractivity contribution in [3.8, 4) is 0 Å². The van der Waals surface area contributed by atoms with Gasteiger partial charge in [-0.05, 0) is 62.8 Å². The predicted molar refractivity (Wildman–Crippen MR) is 132 cm³/mol. The third-order valence-corrected chi connectivity index (χ3v) is 7.71. The molecular weight excluding hydrogens is 420 g/mol. The molecule has 3 rings (SSSR count). The van der Waals surface area contributed by atoms with Gasteiger partial charge in [-0.25, -0.2) is 0 Å². The van der Waals surface area contributed by atoms with Crippen LogP contribution < -0.4 is 5.32 Å². The number of carbonyl (C=O) groups excluding carboxylic acids is 2. The molecule has 4 atom stereocenters. The fourth-order valence-electron chi connectivity index (χ4n) is 5.14. The van der Waals surface area contributed by atoms with Gasteiger partial charge < -0.3 is 10.2 Å². The number of halogens is 1. The lowest BCUT2D eigenvalue weighted by Crippen LogP contribution is -2.50. The van der Waals surface area contributed by atoms with E-state index in [1.807, 2.05) is 31.2 Å². The maximum absolute atomic E-state index is 13.7. The summed E-state index contributed by atoms with van der Waals surface area (Å²) in [4.78, 5) is 28.4. The van der Waals surface area contributed by atoms with Crippen molar-refractivity contribution in [3.05, 3.63) is 47.0 Å². The lowest BCUT2D eigenvalue weighted by molar-refractivity contribution is -0.139. The number of aryl methyl sites for hydroxylation is 1. The van der Waals surface area contributed by atoms with E-state index in [0.29, 0.717) is 18.4 Å². The Labute approximate surface area is 198 Å². The summed E-state index contributed by atoms with van der Waals surface area (Å²) in [6.07, 6.45) is 11.1. The average molecular weight is 459 g/mol. The zero-order valence-corrected chi connectivity index (χ0v) is 20.7. The second-order valence-electron chi connectivity index (χ2n) is 9.77. The number of carbonyl (C=O) groups is 2. The minimum atomic E-state index is -0.657. The average Bonchev–Trinajstić information content (AvgIpc) is 2.80. The molecule has 0 heterocycles. The Balaban J connectivity index is 1.85. The van der Waals surface area contributed by atoms with Gasteiger partial charge in [0.05, 0.1) is 0 Å². The molecule has 0 saturated heterocycles. The lowest BCUT2D eigenvalue weighted by atomic mass is 9.78. The van der Waals surface area contributed by atoms with Crippen LogP contribution in [0.5, 0.6) is 0 Å². The van der Waals surface area contributed by atoms with E-state index in [9.17, 15) is 9.59 Å². The maximum Gasteiger partial charge on any atom is 0.247 e. The second kappa shape index (κ2) is 11.9. The van der Waals surface area contributed by atoms with Crippen LogP contribution in [0.4, 0.5) is 0 Å². The molecule has 1 N–H and O–H groups in total. The highest BCUT2D eigenvalue weighted by atomic mass is 35.5. The molecule has 0 spiro atoms. The van der Waals surface area contributed by atoms with Gasteiger partial charge in [0, 0.05) is 12.6 Å². The van der Waals surface area contributed by atoms with E-state index in [0.717, 1.165) is 43.2 Å². The van der Waals surface area contributed by atoms with Gasteiger partial charge in [-0.15, -0.1) is 11.6 Å². The molecular formula is C27H39ClN2O2. The fourth-order valence-corrected chi connectivity index (χ4v) is 5.29. The summed E-state index contributed by atoms with van der Waals surface area (Å²) in [7, 11) is 0. The smallest absolute Gasteiger partial charge is 0.247 e. The normalized spacial score (nSPS) is 24.4. The fraction of sp³-hybridized carbons (Fsp3) is 0.630. The molecule has 2 amide bonds. The van der Waals surface area contributed by atoms with Gasteiger partial charge >= 0.3 is 0 Å². The number of hydrogen-bond donors (Lipinski definition) is 1. The highest BCUT2D eigenvalue weighted by Crippen LogP contribution is 2.31. The van der Waals surface area contributed by atoms with Crippen LogP contribution in [0, 0.1) is 18.8 Å². The van der Waals surface area contributed by atoms with Gasteiger partial charge in [0.2, 0.25) is 11.8 Å². The van der Waals surface area contributed by atoms with Crippen molar-refractivity contribution in [2.24, 2.45) is 11.8 Å². The lowest BCUT2D eigenvalue weighted by Gasteiger charge is -2.37. The number of amides is 2. The standard InChI is InChI=1S/C27H39ClN2O2/c1-19-12-14-23(15-13-19)26(27(32)29-24-11-7-8-20(2)21(24)3)30(25(31)18-28)17-16-22-9-5-4-6-10-22/h9,12-15,20-21,24,26H,4-8,10-11,16-18H2,1-3H3,(H,29,32)/t20-,21-,24+,26+/m0/s1. The number of alkyl halides is 1. The van der Waals surface area contributed by atoms with Crippen molar-refractivity contribution in [1.82, 2.24) is 10.2 Å². The van der Waals surface area contributed by atoms with E-state index < -0.39 is 6.04 Å². The Morgan fingerprint density at radius 1 is 1.12 bits per heavy atom. The van der Waals surface area contributed by atoms with Crippen LogP contribution in [-0.4, -0.2) is 35.2 Å². The molecule has 1 aromatic rings. The molecule has 32 heavy (non-hydrogen) atoms. The topological polar surface area (TPSA) is 49.4 Å². The SMILES string of the molecule is Cc1ccc([C@H](C(=O)N[C@@H]2CCC[C@H](C)[C@@H]2C)N(CCC2=CCCCC2)C(=O)CCl)cc1. The van der Waals surface area contributed by atoms with E-state index in [2.05, 4.69) is 25.2 Å². The first-order chi connectivity index (χ1) is 15.4. The molecule has 1 aromatic carbocycles. The quantitative estimate of drug-likeness (QED) is 0.387. The first kappa shape index (κ1) is 24.8. The number of rotatable bonds is 8. The number of hydrogen-bond acceptors (Lipinski definition) is 2. The summed E-state index contributed by atoms with van der Waals surface area (Å²) < 4.78 is 0. The van der Waals surface area contributed by atoms with E-state index in [-0.39, 0.29) is 23.7 Å². The van der Waals surface area contributed by atoms with Crippen molar-refractivity contribution in [3.63, 3.8) is 0 Å². The molecule has 1 saturated carbocycles. The van der Waals surface area contributed by atoms with E-state index >= 15 is 0 Å². The molecule has 2 aliphatic rings. The Bertz CT molecular complexity index is 804. The summed E-state index contributed by atoms with van der Waals surface area (Å²) >= 11 is 6.03. The summed E-state index contributed by atoms with van der Waals surface area (Å²) in [5.74, 6) is 0.623. The van der Waals surface area contributed by atoms with Crippen LogP contribution in [0.2, 0.25) is 0 Å². The highest BCUT2D eigenvalue weighted by Gasteiger charge is 2.35. The van der Waals surface area contributed by atoms with E-state index in [1.54, 1.807) is 4.90 Å². The largest absolute Gasteiger partial charge is 0.351 e. The summed E-state index contributed by atoms with van der Waals surface area (Å²) in [6.45, 7) is 7.04. The Morgan fingerprint density at radius 3 is 2.53 bits per heavy atom. The Hall–Kier alpha value is -1.81. The maximum atomic E-state index is 13.7. The van der Waals surface area contributed by atoms with Crippen LogP contribution in [0.3, 0.4) is 0 Å². The first-order valence-corrected chi connectivity index (χ1v) is 12.8. The molecule has 1 fully saturated rings. The molecule has 2 aliphatic carbocycles. The second-order valence-corrected chi connectivity index (χ2v) is 10.0. The Kier molecular flexibility index (Phi) is 9.22. The summed E-state index contributed by atoms with van der Waals surface area (Å²) in [6, 6.07) is 7.45. The number of allylic oxidation sites excluding steroid dienone is 1. The van der Waals surface area contributed by atoms with Gasteiger partial charge in [0.1, 0.15) is 11.9 Å². The molecule has 5 heteroatoms. The van der Waals surface area contributed by atoms with Crippen LogP contribution in [0.25, 0.3) is 0 Å². The number of nitrogens with zero attached hydrogens (tertiary/aromatic N) is 1. The van der Waals surface area contributed by atoms with Crippen molar-refractivity contribution in [2.75, 3.05) is 12.4 Å². The van der Waals surface area contributed by atoms with E-state index in [1.165, 1.54) is 24.8 Å². The van der Waals surface area contributed by atoms with Crippen LogP contribution in [-0.2, 0) is 9.59 Å². The van der Waals surface area contributed by atoms with Crippen LogP contribution >= 0.6 is 11.6 Å². The van der Waals surface area contributed by atoms with Gasteiger partial charge in [0.25, 0.3) is 0 Å². The summed E-state index contributed by atoms with van der Waals surface area (Å²) in [5, 5.41) is 3.32. The molecule has 0 unspecified atom stereocenters. The monoisotopic (exact) mass is 458 g/mol. The number of nitrogens with one attached hydrogen (secondary N) is 1. The molecule has 4 nitrogen and oxygen atoms in total. The molecule has 0 bridgehead atoms. The zero-order valence-electron chi connectivity index (χ0n) is 19.9. The molecule has 176 valence electrons. The van der Waals surface area contributed by atoms with Gasteiger partial charge in [0.15, 0.2) is 0 Å². The molecule has 0 aromatic heterocycles. The predicted octanol–water partition coefficient (Wildman–Crippen LogP) is 5.93. The first-order valence-electron chi connectivity index (χ1n) is 12.3. The van der Waals surface area contributed by atoms with Crippen LogP contribution in [0.1, 0.15) is 82.4 Å². The van der Waals surface area contributed by atoms with Crippen molar-refractivity contribution < 1.29 is 9.59 Å². The third-order valence-electron chi connectivity index (χ3n) is 7.48. The van der Waals surface area contributed by atoms with E-state index in [4.69, 9.17) is 11.6 Å². The highest BCUT2D eigenvalue weighted by molar-refractivity contribution is 6.27. The van der Waals surface area contributed by atoms with Gasteiger partial charge in [-0.1, -0.05) is 68.2 Å². The third kappa shape index (κ3) is 6.37. The Morgan fingerprint density at radius 2 is 1.88 bits per heavy atom. The minimum absolute atomic E-state index is 0.0871. The van der Waals surface area contributed by atoms with Gasteiger partial charge in [-0.3, -0.25) is 9.59 Å². The minimum Gasteiger partial charge on any atom is -0.351 e. The zero-order chi connectivity index (χ0) is 23.1. The van der Waals surface area contributed by atoms with Crippen molar-refractivity contribution in [1.29, 1.82) is 0 Å². The van der Waals surface area contributed by atoms with Crippen molar-refractivity contribution in [2.45, 2.75) is 84.2 Å². The molecule has 0 radical (unpaired) electrons.